The molecule has 5 rings (SSSR count). The van der Waals surface area contributed by atoms with Gasteiger partial charge in [-0.2, -0.15) is 4.31 Å². The number of nitrogens with one attached hydrogen (secondary N) is 2. The van der Waals surface area contributed by atoms with Gasteiger partial charge in [-0.25, -0.2) is 18.4 Å². The molecule has 1 fully saturated rings. The molecule has 9 nitrogen and oxygen atoms in total. The molecule has 2 aliphatic heterocycles. The van der Waals surface area contributed by atoms with E-state index in [1.165, 1.54) is 4.31 Å². The van der Waals surface area contributed by atoms with Crippen LogP contribution in [0.3, 0.4) is 0 Å². The highest BCUT2D eigenvalue weighted by Crippen LogP contribution is 2.25. The Morgan fingerprint density at radius 1 is 1.11 bits per heavy atom. The molecule has 2 atom stereocenters. The molecule has 0 radical (unpaired) electrons. The quantitative estimate of drug-likeness (QED) is 0.522. The Morgan fingerprint density at radius 2 is 1.92 bits per heavy atom. The van der Waals surface area contributed by atoms with E-state index < -0.39 is 16.1 Å². The molecule has 0 saturated carbocycles. The molecule has 196 valence electrons. The summed E-state index contributed by atoms with van der Waals surface area (Å²) in [5, 5.41) is 7.79. The van der Waals surface area contributed by atoms with Crippen molar-refractivity contribution >= 4 is 44.3 Å². The maximum atomic E-state index is 13.3. The van der Waals surface area contributed by atoms with E-state index in [1.807, 2.05) is 38.1 Å². The number of carbonyl (C=O) groups excluding carboxylic acids is 1. The van der Waals surface area contributed by atoms with Gasteiger partial charge in [0, 0.05) is 42.6 Å². The first-order valence-electron chi connectivity index (χ1n) is 12.5. The van der Waals surface area contributed by atoms with Gasteiger partial charge in [0.25, 0.3) is 0 Å². The van der Waals surface area contributed by atoms with Gasteiger partial charge < -0.3 is 10.6 Å². The highest BCUT2D eigenvalue weighted by Gasteiger charge is 2.35. The summed E-state index contributed by atoms with van der Waals surface area (Å²) in [5.41, 5.74) is 1.45. The third-order valence-electron chi connectivity index (χ3n) is 6.95. The molecule has 2 N–H and O–H groups in total. The van der Waals surface area contributed by atoms with Crippen LogP contribution in [-0.4, -0.2) is 71.8 Å². The minimum absolute atomic E-state index is 0.00922. The molecule has 0 spiro atoms. The summed E-state index contributed by atoms with van der Waals surface area (Å²) in [4.78, 5) is 25.0. The van der Waals surface area contributed by atoms with Crippen molar-refractivity contribution < 1.29 is 13.2 Å². The second-order valence-electron chi connectivity index (χ2n) is 9.99. The normalized spacial score (nSPS) is 21.7. The first-order chi connectivity index (χ1) is 17.7. The monoisotopic (exact) mass is 542 g/mol. The van der Waals surface area contributed by atoms with Gasteiger partial charge in [0.05, 0.1) is 17.8 Å². The molecule has 1 amide bonds. The van der Waals surface area contributed by atoms with E-state index in [0.717, 1.165) is 10.9 Å². The number of para-hydroxylation sites is 1. The summed E-state index contributed by atoms with van der Waals surface area (Å²) in [5.74, 6) is 1.02. The van der Waals surface area contributed by atoms with E-state index in [-0.39, 0.29) is 30.2 Å². The Hall–Kier alpha value is -2.79. The summed E-state index contributed by atoms with van der Waals surface area (Å²) >= 11 is 6.07. The van der Waals surface area contributed by atoms with Crippen molar-refractivity contribution in [2.75, 3.05) is 31.5 Å². The fourth-order valence-electron chi connectivity index (χ4n) is 4.95. The van der Waals surface area contributed by atoms with Crippen molar-refractivity contribution in [2.45, 2.75) is 38.2 Å². The maximum Gasteiger partial charge on any atom is 0.242 e. The van der Waals surface area contributed by atoms with Gasteiger partial charge in [0.15, 0.2) is 0 Å². The third-order valence-corrected chi connectivity index (χ3v) is 9.00. The van der Waals surface area contributed by atoms with Crippen LogP contribution < -0.4 is 10.6 Å². The summed E-state index contributed by atoms with van der Waals surface area (Å²) in [6.45, 7) is 5.86. The lowest BCUT2D eigenvalue weighted by Crippen LogP contribution is -2.58. The van der Waals surface area contributed by atoms with Crippen molar-refractivity contribution in [2.24, 2.45) is 5.92 Å². The number of hydrogen-bond acceptors (Lipinski definition) is 7. The number of aromatic nitrogens is 2. The molecular weight excluding hydrogens is 512 g/mol. The van der Waals surface area contributed by atoms with Crippen LogP contribution in [0.4, 0.5) is 5.82 Å². The number of fused-ring (bicyclic) bond motifs is 5. The predicted molar refractivity (Wildman–Crippen MR) is 145 cm³/mol. The largest absolute Gasteiger partial charge is 0.358 e. The molecule has 2 bridgehead atoms. The Bertz CT molecular complexity index is 1420. The van der Waals surface area contributed by atoms with Crippen LogP contribution in [0, 0.1) is 5.92 Å². The van der Waals surface area contributed by atoms with Gasteiger partial charge in [-0.15, -0.1) is 0 Å². The van der Waals surface area contributed by atoms with Gasteiger partial charge in [0.2, 0.25) is 15.9 Å². The standard InChI is InChI=1S/C26H31ClN6O3S/c1-17(2)24-26(34)28-13-20-14-33(37(35,36)16-18-6-5-7-19(27)12-18)11-10-32(20)15-23-29-22-9-4-3-8-21(22)25(30-23)31-24/h3-9,12,17,20,24H,10-11,13-16H2,1-2H3,(H,28,34)(H,29,30,31)/t20?,24-/m0/s1. The van der Waals surface area contributed by atoms with Gasteiger partial charge in [-0.05, 0) is 35.7 Å². The van der Waals surface area contributed by atoms with Crippen molar-refractivity contribution in [1.82, 2.24) is 24.5 Å². The van der Waals surface area contributed by atoms with Gasteiger partial charge in [-0.1, -0.05) is 49.7 Å². The summed E-state index contributed by atoms with van der Waals surface area (Å²) in [6.07, 6.45) is 0. The molecule has 0 aliphatic carbocycles. The van der Waals surface area contributed by atoms with Crippen LogP contribution in [0.5, 0.6) is 0 Å². The smallest absolute Gasteiger partial charge is 0.242 e. The lowest BCUT2D eigenvalue weighted by atomic mass is 10.0. The minimum atomic E-state index is -3.58. The van der Waals surface area contributed by atoms with Crippen LogP contribution in [0.15, 0.2) is 48.5 Å². The molecule has 3 aromatic rings. The lowest BCUT2D eigenvalue weighted by Gasteiger charge is -2.40. The maximum absolute atomic E-state index is 13.3. The zero-order valence-electron chi connectivity index (χ0n) is 20.9. The fraction of sp³-hybridized carbons (Fsp3) is 0.423. The molecule has 37 heavy (non-hydrogen) atoms. The van der Waals surface area contributed by atoms with E-state index in [1.54, 1.807) is 24.3 Å². The van der Waals surface area contributed by atoms with E-state index in [9.17, 15) is 13.2 Å². The number of rotatable bonds is 4. The van der Waals surface area contributed by atoms with Crippen molar-refractivity contribution in [3.8, 4) is 0 Å². The van der Waals surface area contributed by atoms with Gasteiger partial charge >= 0.3 is 0 Å². The second-order valence-corrected chi connectivity index (χ2v) is 12.4. The highest BCUT2D eigenvalue weighted by atomic mass is 35.5. The molecule has 3 heterocycles. The predicted octanol–water partition coefficient (Wildman–Crippen LogP) is 2.87. The van der Waals surface area contributed by atoms with Crippen LogP contribution >= 0.6 is 11.6 Å². The Labute approximate surface area is 222 Å². The first kappa shape index (κ1) is 25.8. The Balaban J connectivity index is 1.44. The number of hydrogen-bond donors (Lipinski definition) is 2. The number of sulfonamides is 1. The fourth-order valence-corrected chi connectivity index (χ4v) is 6.70. The average molecular weight is 543 g/mol. The minimum Gasteiger partial charge on any atom is -0.358 e. The number of carbonyl (C=O) groups is 1. The number of piperazine rings is 1. The Morgan fingerprint density at radius 3 is 2.70 bits per heavy atom. The van der Waals surface area contributed by atoms with Crippen LogP contribution in [0.25, 0.3) is 10.9 Å². The molecule has 1 saturated heterocycles. The van der Waals surface area contributed by atoms with Gasteiger partial charge in [0.1, 0.15) is 17.7 Å². The first-order valence-corrected chi connectivity index (χ1v) is 14.4. The molecular formula is C26H31ClN6O3S. The second kappa shape index (κ2) is 10.5. The van der Waals surface area contributed by atoms with E-state index in [4.69, 9.17) is 21.6 Å². The number of halogens is 1. The van der Waals surface area contributed by atoms with Crippen molar-refractivity contribution in [3.05, 3.63) is 64.9 Å². The summed E-state index contributed by atoms with van der Waals surface area (Å²) in [7, 11) is -3.58. The summed E-state index contributed by atoms with van der Waals surface area (Å²) in [6, 6.07) is 13.9. The lowest BCUT2D eigenvalue weighted by molar-refractivity contribution is -0.123. The van der Waals surface area contributed by atoms with Crippen LogP contribution in [-0.2, 0) is 27.1 Å². The SMILES string of the molecule is CC(C)[C@@H]1Nc2nc(nc3ccccc23)CN2CCN(S(=O)(=O)Cc3cccc(Cl)c3)CC2CNC1=O. The molecule has 2 aromatic carbocycles. The Kier molecular flexibility index (Phi) is 7.35. The third kappa shape index (κ3) is 5.72. The zero-order valence-corrected chi connectivity index (χ0v) is 22.5. The number of nitrogens with zero attached hydrogens (tertiary/aromatic N) is 4. The average Bonchev–Trinajstić information content (AvgIpc) is 2.87. The number of benzene rings is 2. The molecule has 1 unspecified atom stereocenters. The van der Waals surface area contributed by atoms with E-state index in [0.29, 0.717) is 48.4 Å². The molecule has 11 heteroatoms. The topological polar surface area (TPSA) is 108 Å². The number of anilines is 1. The zero-order chi connectivity index (χ0) is 26.2. The van der Waals surface area contributed by atoms with E-state index in [2.05, 4.69) is 15.5 Å². The van der Waals surface area contributed by atoms with Crippen molar-refractivity contribution in [3.63, 3.8) is 0 Å². The van der Waals surface area contributed by atoms with Crippen molar-refractivity contribution in [1.29, 1.82) is 0 Å². The van der Waals surface area contributed by atoms with Gasteiger partial charge in [-0.3, -0.25) is 9.69 Å². The summed E-state index contributed by atoms with van der Waals surface area (Å²) < 4.78 is 28.1. The van der Waals surface area contributed by atoms with E-state index >= 15 is 0 Å². The molecule has 2 aliphatic rings. The highest BCUT2D eigenvalue weighted by molar-refractivity contribution is 7.88. The number of amides is 1. The van der Waals surface area contributed by atoms with Crippen LogP contribution in [0.1, 0.15) is 25.2 Å². The van der Waals surface area contributed by atoms with Crippen LogP contribution in [0.2, 0.25) is 5.02 Å². The molecule has 1 aromatic heterocycles.